The van der Waals surface area contributed by atoms with E-state index in [4.69, 9.17) is 5.11 Å². The maximum atomic E-state index is 10.6. The molecule has 0 aliphatic heterocycles. The summed E-state index contributed by atoms with van der Waals surface area (Å²) < 4.78 is 0.355. The van der Waals surface area contributed by atoms with Gasteiger partial charge in [0.25, 0.3) is 5.69 Å². The number of aliphatic hydroxyl groups is 1. The SMILES string of the molecule is Cc1cc([N+](=O)[O-])cc(C(O)C(=O)O)c1Br. The molecular weight excluding hydrogens is 282 g/mol. The van der Waals surface area contributed by atoms with Crippen molar-refractivity contribution in [1.29, 1.82) is 0 Å². The number of nitro benzene ring substituents is 1. The van der Waals surface area contributed by atoms with E-state index in [1.54, 1.807) is 6.92 Å². The lowest BCUT2D eigenvalue weighted by Crippen LogP contribution is -2.12. The number of nitrogens with zero attached hydrogens (tertiary/aromatic N) is 1. The number of non-ortho nitro benzene ring substituents is 1. The Morgan fingerprint density at radius 2 is 2.12 bits per heavy atom. The summed E-state index contributed by atoms with van der Waals surface area (Å²) in [6.45, 7) is 1.58. The second-order valence-corrected chi connectivity index (χ2v) is 3.96. The minimum absolute atomic E-state index is 0.0285. The number of carboxylic acid groups (broad SMARTS) is 1. The summed E-state index contributed by atoms with van der Waals surface area (Å²) in [6.07, 6.45) is -1.78. The molecule has 0 aliphatic carbocycles. The van der Waals surface area contributed by atoms with E-state index in [9.17, 15) is 20.0 Å². The summed E-state index contributed by atoms with van der Waals surface area (Å²) in [5, 5.41) is 28.6. The number of carboxylic acids is 1. The minimum Gasteiger partial charge on any atom is -0.479 e. The van der Waals surface area contributed by atoms with Crippen LogP contribution >= 0.6 is 15.9 Å². The molecule has 0 spiro atoms. The van der Waals surface area contributed by atoms with Crippen LogP contribution in [0, 0.1) is 17.0 Å². The molecule has 0 bridgehead atoms. The number of nitro groups is 1. The van der Waals surface area contributed by atoms with Crippen molar-refractivity contribution in [3.05, 3.63) is 37.8 Å². The molecule has 0 amide bonds. The Labute approximate surface area is 98.8 Å². The zero-order valence-electron chi connectivity index (χ0n) is 8.18. The molecule has 0 aromatic heterocycles. The molecule has 0 heterocycles. The van der Waals surface area contributed by atoms with Crippen molar-refractivity contribution >= 4 is 27.6 Å². The number of aryl methyl sites for hydroxylation is 1. The van der Waals surface area contributed by atoms with Gasteiger partial charge < -0.3 is 10.2 Å². The van der Waals surface area contributed by atoms with E-state index in [1.807, 2.05) is 0 Å². The molecule has 1 aromatic carbocycles. The minimum atomic E-state index is -1.78. The number of rotatable bonds is 3. The smallest absolute Gasteiger partial charge is 0.337 e. The number of aliphatic carboxylic acids is 1. The zero-order chi connectivity index (χ0) is 12.5. The van der Waals surface area contributed by atoms with Gasteiger partial charge in [-0.25, -0.2) is 4.79 Å². The van der Waals surface area contributed by atoms with Gasteiger partial charge in [0, 0.05) is 22.2 Å². The Morgan fingerprint density at radius 3 is 2.56 bits per heavy atom. The molecule has 16 heavy (non-hydrogen) atoms. The highest BCUT2D eigenvalue weighted by Crippen LogP contribution is 2.31. The highest BCUT2D eigenvalue weighted by atomic mass is 79.9. The van der Waals surface area contributed by atoms with Crippen LogP contribution in [0.3, 0.4) is 0 Å². The van der Waals surface area contributed by atoms with Gasteiger partial charge in [-0.05, 0) is 12.5 Å². The second kappa shape index (κ2) is 4.58. The molecule has 86 valence electrons. The fraction of sp³-hybridized carbons (Fsp3) is 0.222. The molecular formula is C9H8BrNO5. The monoisotopic (exact) mass is 289 g/mol. The van der Waals surface area contributed by atoms with Crippen molar-refractivity contribution in [2.24, 2.45) is 0 Å². The van der Waals surface area contributed by atoms with Crippen LogP contribution in [0.2, 0.25) is 0 Å². The number of aliphatic hydroxyl groups excluding tert-OH is 1. The summed E-state index contributed by atoms with van der Waals surface area (Å²) in [5.41, 5.74) is 0.208. The maximum Gasteiger partial charge on any atom is 0.337 e. The Bertz CT molecular complexity index is 459. The molecule has 6 nitrogen and oxygen atoms in total. The Morgan fingerprint density at radius 1 is 1.56 bits per heavy atom. The van der Waals surface area contributed by atoms with E-state index in [2.05, 4.69) is 15.9 Å². The van der Waals surface area contributed by atoms with Crippen LogP contribution in [0.1, 0.15) is 17.2 Å². The van der Waals surface area contributed by atoms with Crippen LogP contribution in [0.15, 0.2) is 16.6 Å². The quantitative estimate of drug-likeness (QED) is 0.652. The average molecular weight is 290 g/mol. The van der Waals surface area contributed by atoms with Gasteiger partial charge in [-0.1, -0.05) is 15.9 Å². The fourth-order valence-electron chi connectivity index (χ4n) is 1.21. The van der Waals surface area contributed by atoms with Crippen LogP contribution in [0.5, 0.6) is 0 Å². The molecule has 1 atom stereocenters. The van der Waals surface area contributed by atoms with Gasteiger partial charge in [0.05, 0.1) is 4.92 Å². The first-order chi connectivity index (χ1) is 7.34. The van der Waals surface area contributed by atoms with Crippen molar-refractivity contribution in [2.45, 2.75) is 13.0 Å². The highest BCUT2D eigenvalue weighted by Gasteiger charge is 2.23. The first kappa shape index (κ1) is 12.6. The third kappa shape index (κ3) is 2.37. The molecule has 0 fully saturated rings. The Hall–Kier alpha value is -1.47. The van der Waals surface area contributed by atoms with Crippen LogP contribution in [0.25, 0.3) is 0 Å². The first-order valence-corrected chi connectivity index (χ1v) is 4.99. The highest BCUT2D eigenvalue weighted by molar-refractivity contribution is 9.10. The number of benzene rings is 1. The van der Waals surface area contributed by atoms with Gasteiger partial charge >= 0.3 is 5.97 Å². The van der Waals surface area contributed by atoms with Crippen molar-refractivity contribution in [3.63, 3.8) is 0 Å². The third-order valence-corrected chi connectivity index (χ3v) is 3.09. The molecule has 7 heteroatoms. The summed E-state index contributed by atoms with van der Waals surface area (Å²) in [5.74, 6) is -1.46. The molecule has 0 aliphatic rings. The van der Waals surface area contributed by atoms with Crippen LogP contribution in [-0.2, 0) is 4.79 Å². The molecule has 0 radical (unpaired) electrons. The average Bonchev–Trinajstić information content (AvgIpc) is 2.20. The Kier molecular flexibility index (Phi) is 3.61. The zero-order valence-corrected chi connectivity index (χ0v) is 9.76. The van der Waals surface area contributed by atoms with E-state index in [0.29, 0.717) is 10.0 Å². The lowest BCUT2D eigenvalue weighted by atomic mass is 10.1. The summed E-state index contributed by atoms with van der Waals surface area (Å²) in [7, 11) is 0. The molecule has 0 saturated carbocycles. The van der Waals surface area contributed by atoms with Gasteiger partial charge in [-0.2, -0.15) is 0 Å². The van der Waals surface area contributed by atoms with Crippen molar-refractivity contribution < 1.29 is 19.9 Å². The van der Waals surface area contributed by atoms with Crippen LogP contribution in [0.4, 0.5) is 5.69 Å². The maximum absolute atomic E-state index is 10.6. The summed E-state index contributed by atoms with van der Waals surface area (Å²) in [4.78, 5) is 20.5. The topological polar surface area (TPSA) is 101 Å². The predicted molar refractivity (Wildman–Crippen MR) is 58.1 cm³/mol. The van der Waals surface area contributed by atoms with Gasteiger partial charge in [-0.3, -0.25) is 10.1 Å². The van der Waals surface area contributed by atoms with Crippen molar-refractivity contribution in [3.8, 4) is 0 Å². The summed E-state index contributed by atoms with van der Waals surface area (Å²) >= 11 is 3.09. The molecule has 1 rings (SSSR count). The van der Waals surface area contributed by atoms with Crippen LogP contribution in [-0.4, -0.2) is 21.1 Å². The number of hydrogen-bond acceptors (Lipinski definition) is 4. The van der Waals surface area contributed by atoms with Gasteiger partial charge in [0.15, 0.2) is 6.10 Å². The van der Waals surface area contributed by atoms with Gasteiger partial charge in [0.1, 0.15) is 0 Å². The van der Waals surface area contributed by atoms with Crippen molar-refractivity contribution in [2.75, 3.05) is 0 Å². The molecule has 1 unspecified atom stereocenters. The number of carbonyl (C=O) groups is 1. The standard InChI is InChI=1S/C9H8BrNO5/c1-4-2-5(11(15)16)3-6(7(4)10)8(12)9(13)14/h2-3,8,12H,1H3,(H,13,14). The second-order valence-electron chi connectivity index (χ2n) is 3.16. The molecule has 0 saturated heterocycles. The lowest BCUT2D eigenvalue weighted by molar-refractivity contribution is -0.385. The van der Waals surface area contributed by atoms with E-state index in [-0.39, 0.29) is 11.3 Å². The third-order valence-electron chi connectivity index (χ3n) is 2.01. The Balaban J connectivity index is 3.37. The fourth-order valence-corrected chi connectivity index (χ4v) is 1.66. The number of hydrogen-bond donors (Lipinski definition) is 2. The first-order valence-electron chi connectivity index (χ1n) is 4.20. The summed E-state index contributed by atoms with van der Waals surface area (Å²) in [6, 6.07) is 2.33. The van der Waals surface area contributed by atoms with Crippen molar-refractivity contribution in [1.82, 2.24) is 0 Å². The van der Waals surface area contributed by atoms with E-state index in [1.165, 1.54) is 6.07 Å². The molecule has 1 aromatic rings. The molecule has 2 N–H and O–H groups in total. The van der Waals surface area contributed by atoms with Gasteiger partial charge in [-0.15, -0.1) is 0 Å². The van der Waals surface area contributed by atoms with Crippen LogP contribution < -0.4 is 0 Å². The largest absolute Gasteiger partial charge is 0.479 e. The predicted octanol–water partition coefficient (Wildman–Crippen LogP) is 1.78. The van der Waals surface area contributed by atoms with E-state index in [0.717, 1.165) is 6.07 Å². The normalized spacial score (nSPS) is 12.2. The number of halogens is 1. The van der Waals surface area contributed by atoms with E-state index >= 15 is 0 Å². The lowest BCUT2D eigenvalue weighted by Gasteiger charge is -2.10. The van der Waals surface area contributed by atoms with Gasteiger partial charge in [0.2, 0.25) is 0 Å². The van der Waals surface area contributed by atoms with E-state index < -0.39 is 17.0 Å².